The topological polar surface area (TPSA) is 59.5 Å². The highest BCUT2D eigenvalue weighted by molar-refractivity contribution is 6.06. The number of likely N-dealkylation sites (N-methyl/N-ethyl adjacent to an activating group) is 1. The number of carbonyl (C=O) groups is 2. The zero-order valence-corrected chi connectivity index (χ0v) is 17.1. The fourth-order valence-electron chi connectivity index (χ4n) is 3.45. The normalized spacial score (nSPS) is 10.7. The summed E-state index contributed by atoms with van der Waals surface area (Å²) in [6.07, 6.45) is 2.41. The monoisotopic (exact) mass is 390 g/mol. The van der Waals surface area contributed by atoms with E-state index in [0.717, 1.165) is 40.7 Å². The number of hydrogen-bond acceptors (Lipinski definition) is 4. The van der Waals surface area contributed by atoms with Gasteiger partial charge in [0.15, 0.2) is 6.61 Å². The van der Waals surface area contributed by atoms with E-state index < -0.39 is 5.97 Å². The first-order valence-corrected chi connectivity index (χ1v) is 9.96. The van der Waals surface area contributed by atoms with Crippen molar-refractivity contribution in [2.45, 2.75) is 33.1 Å². The zero-order valence-electron chi connectivity index (χ0n) is 17.1. The van der Waals surface area contributed by atoms with Crippen molar-refractivity contribution in [1.29, 1.82) is 0 Å². The van der Waals surface area contributed by atoms with Crippen LogP contribution in [0.3, 0.4) is 0 Å². The van der Waals surface area contributed by atoms with Gasteiger partial charge in [0.25, 0.3) is 5.91 Å². The van der Waals surface area contributed by atoms with Gasteiger partial charge in [-0.15, -0.1) is 0 Å². The standard InChI is InChI=1S/C24H26N2O3/c1-4-11-20-18(5-2)23(19-14-9-10-15-21(19)25-20)24(28)29-16-22(27)26(3)17-12-7-6-8-13-17/h6-10,12-15H,4-5,11,16H2,1-3H3. The quantitative estimate of drug-likeness (QED) is 0.555. The highest BCUT2D eigenvalue weighted by atomic mass is 16.5. The number of amides is 1. The molecule has 1 heterocycles. The molecule has 1 aromatic heterocycles. The van der Waals surface area contributed by atoms with E-state index in [-0.39, 0.29) is 12.5 Å². The number of nitrogens with zero attached hydrogens (tertiary/aromatic N) is 2. The molecule has 0 N–H and O–H groups in total. The van der Waals surface area contributed by atoms with Crippen LogP contribution in [0.4, 0.5) is 5.69 Å². The van der Waals surface area contributed by atoms with Gasteiger partial charge in [-0.2, -0.15) is 0 Å². The summed E-state index contributed by atoms with van der Waals surface area (Å²) in [5.41, 5.74) is 3.87. The molecule has 5 heteroatoms. The average molecular weight is 390 g/mol. The van der Waals surface area contributed by atoms with E-state index in [9.17, 15) is 9.59 Å². The number of aromatic nitrogens is 1. The minimum atomic E-state index is -0.479. The lowest BCUT2D eigenvalue weighted by Crippen LogP contribution is -2.31. The maximum absolute atomic E-state index is 13.0. The van der Waals surface area contributed by atoms with Crippen LogP contribution in [0.15, 0.2) is 54.6 Å². The summed E-state index contributed by atoms with van der Waals surface area (Å²) in [5, 5.41) is 0.762. The van der Waals surface area contributed by atoms with Crippen molar-refractivity contribution in [3.63, 3.8) is 0 Å². The Morgan fingerprint density at radius 2 is 1.69 bits per heavy atom. The molecule has 0 bridgehead atoms. The minimum Gasteiger partial charge on any atom is -0.452 e. The number of pyridine rings is 1. The highest BCUT2D eigenvalue weighted by Gasteiger charge is 2.22. The minimum absolute atomic E-state index is 0.283. The largest absolute Gasteiger partial charge is 0.452 e. The van der Waals surface area contributed by atoms with Gasteiger partial charge in [0.2, 0.25) is 0 Å². The lowest BCUT2D eigenvalue weighted by Gasteiger charge is -2.18. The van der Waals surface area contributed by atoms with Crippen molar-refractivity contribution < 1.29 is 14.3 Å². The molecule has 0 unspecified atom stereocenters. The second-order valence-corrected chi connectivity index (χ2v) is 6.90. The van der Waals surface area contributed by atoms with Crippen LogP contribution in [0.5, 0.6) is 0 Å². The van der Waals surface area contributed by atoms with Gasteiger partial charge >= 0.3 is 5.97 Å². The number of anilines is 1. The molecule has 0 atom stereocenters. The molecule has 3 aromatic rings. The number of carbonyl (C=O) groups excluding carboxylic acids is 2. The van der Waals surface area contributed by atoms with E-state index in [1.54, 1.807) is 7.05 Å². The Hall–Kier alpha value is -3.21. The summed E-state index contributed by atoms with van der Waals surface area (Å²) in [5.74, 6) is -0.762. The Kier molecular flexibility index (Phi) is 6.60. The molecule has 2 aromatic carbocycles. The van der Waals surface area contributed by atoms with E-state index in [1.807, 2.05) is 61.5 Å². The van der Waals surface area contributed by atoms with Gasteiger partial charge in [0, 0.05) is 23.8 Å². The van der Waals surface area contributed by atoms with Gasteiger partial charge in [-0.05, 0) is 36.6 Å². The number of rotatable bonds is 7. The van der Waals surface area contributed by atoms with Crippen LogP contribution in [-0.4, -0.2) is 30.5 Å². The Balaban J connectivity index is 1.87. The Morgan fingerprint density at radius 3 is 2.38 bits per heavy atom. The van der Waals surface area contributed by atoms with E-state index in [0.29, 0.717) is 12.0 Å². The van der Waals surface area contributed by atoms with Crippen molar-refractivity contribution in [1.82, 2.24) is 4.98 Å². The van der Waals surface area contributed by atoms with Crippen LogP contribution in [0.25, 0.3) is 10.9 Å². The second-order valence-electron chi connectivity index (χ2n) is 6.90. The first-order valence-electron chi connectivity index (χ1n) is 9.96. The molecule has 0 radical (unpaired) electrons. The third-order valence-corrected chi connectivity index (χ3v) is 4.97. The lowest BCUT2D eigenvalue weighted by atomic mass is 9.96. The molecule has 3 rings (SSSR count). The number of para-hydroxylation sites is 2. The fraction of sp³-hybridized carbons (Fsp3) is 0.292. The molecule has 0 aliphatic rings. The summed E-state index contributed by atoms with van der Waals surface area (Å²) in [6, 6.07) is 16.8. The average Bonchev–Trinajstić information content (AvgIpc) is 2.76. The van der Waals surface area contributed by atoms with Crippen LogP contribution in [0.1, 0.15) is 41.9 Å². The molecule has 5 nitrogen and oxygen atoms in total. The van der Waals surface area contributed by atoms with E-state index >= 15 is 0 Å². The van der Waals surface area contributed by atoms with Crippen LogP contribution < -0.4 is 4.90 Å². The fourth-order valence-corrected chi connectivity index (χ4v) is 3.45. The number of esters is 1. The first kappa shape index (κ1) is 20.5. The predicted molar refractivity (Wildman–Crippen MR) is 115 cm³/mol. The predicted octanol–water partition coefficient (Wildman–Crippen LogP) is 4.57. The van der Waals surface area contributed by atoms with Crippen molar-refractivity contribution in [2.75, 3.05) is 18.6 Å². The molecule has 0 saturated heterocycles. The first-order chi connectivity index (χ1) is 14.1. The SMILES string of the molecule is CCCc1nc2ccccc2c(C(=O)OCC(=O)N(C)c2ccccc2)c1CC. The number of benzene rings is 2. The van der Waals surface area contributed by atoms with Gasteiger partial charge in [0.1, 0.15) is 0 Å². The zero-order chi connectivity index (χ0) is 20.8. The van der Waals surface area contributed by atoms with E-state index in [2.05, 4.69) is 6.92 Å². The molecule has 0 aliphatic carbocycles. The third-order valence-electron chi connectivity index (χ3n) is 4.97. The summed E-state index contributed by atoms with van der Waals surface area (Å²) in [7, 11) is 1.67. The molecule has 0 spiro atoms. The number of fused-ring (bicyclic) bond motifs is 1. The molecule has 150 valence electrons. The van der Waals surface area contributed by atoms with Crippen molar-refractivity contribution in [3.8, 4) is 0 Å². The van der Waals surface area contributed by atoms with Crippen molar-refractivity contribution in [3.05, 3.63) is 71.4 Å². The summed E-state index contributed by atoms with van der Waals surface area (Å²) in [4.78, 5) is 31.8. The summed E-state index contributed by atoms with van der Waals surface area (Å²) >= 11 is 0. The Bertz CT molecular complexity index is 1020. The van der Waals surface area contributed by atoms with Crippen LogP contribution >= 0.6 is 0 Å². The number of aryl methyl sites for hydroxylation is 1. The van der Waals surface area contributed by atoms with Gasteiger partial charge in [-0.3, -0.25) is 9.78 Å². The van der Waals surface area contributed by atoms with E-state index in [1.165, 1.54) is 4.90 Å². The molecule has 29 heavy (non-hydrogen) atoms. The Morgan fingerprint density at radius 1 is 1.00 bits per heavy atom. The lowest BCUT2D eigenvalue weighted by molar-refractivity contribution is -0.121. The highest BCUT2D eigenvalue weighted by Crippen LogP contribution is 2.26. The molecule has 0 saturated carbocycles. The maximum atomic E-state index is 13.0. The molecular weight excluding hydrogens is 364 g/mol. The maximum Gasteiger partial charge on any atom is 0.339 e. The van der Waals surface area contributed by atoms with Gasteiger partial charge < -0.3 is 9.64 Å². The summed E-state index contributed by atoms with van der Waals surface area (Å²) < 4.78 is 5.46. The number of hydrogen-bond donors (Lipinski definition) is 0. The van der Waals surface area contributed by atoms with Crippen LogP contribution in [0, 0.1) is 0 Å². The Labute approximate surface area is 171 Å². The second kappa shape index (κ2) is 9.32. The van der Waals surface area contributed by atoms with Crippen molar-refractivity contribution in [2.24, 2.45) is 0 Å². The molecule has 0 fully saturated rings. The van der Waals surface area contributed by atoms with Gasteiger partial charge in [-0.25, -0.2) is 4.79 Å². The molecule has 1 amide bonds. The third kappa shape index (κ3) is 4.45. The smallest absolute Gasteiger partial charge is 0.339 e. The van der Waals surface area contributed by atoms with Crippen LogP contribution in [-0.2, 0) is 22.4 Å². The van der Waals surface area contributed by atoms with Gasteiger partial charge in [0.05, 0.1) is 11.1 Å². The van der Waals surface area contributed by atoms with Gasteiger partial charge in [-0.1, -0.05) is 56.7 Å². The van der Waals surface area contributed by atoms with Crippen molar-refractivity contribution >= 4 is 28.5 Å². The summed E-state index contributed by atoms with van der Waals surface area (Å²) in [6.45, 7) is 3.79. The molecule has 0 aliphatic heterocycles. The van der Waals surface area contributed by atoms with E-state index in [4.69, 9.17) is 9.72 Å². The molecular formula is C24H26N2O3. The number of ether oxygens (including phenoxy) is 1. The van der Waals surface area contributed by atoms with Crippen LogP contribution in [0.2, 0.25) is 0 Å².